The van der Waals surface area contributed by atoms with Crippen LogP contribution in [0.3, 0.4) is 0 Å². The molecular formula is C13H20N6O3. The summed E-state index contributed by atoms with van der Waals surface area (Å²) in [5, 5.41) is 11.4. The average molecular weight is 308 g/mol. The molecule has 9 heteroatoms. The minimum Gasteiger partial charge on any atom is -0.444 e. The molecule has 0 saturated carbocycles. The average Bonchev–Trinajstić information content (AvgIpc) is 2.94. The van der Waals surface area contributed by atoms with Gasteiger partial charge in [-0.3, -0.25) is 9.69 Å². The minimum absolute atomic E-state index is 0.137. The maximum absolute atomic E-state index is 12.0. The van der Waals surface area contributed by atoms with Gasteiger partial charge in [-0.1, -0.05) is 0 Å². The molecule has 1 saturated heterocycles. The molecule has 120 valence electrons. The normalized spacial score (nSPS) is 23.8. The highest BCUT2D eigenvalue weighted by atomic mass is 16.6. The lowest BCUT2D eigenvalue weighted by Crippen LogP contribution is -2.68. The fraction of sp³-hybridized carbons (Fsp3) is 0.692. The highest BCUT2D eigenvalue weighted by Gasteiger charge is 2.37. The van der Waals surface area contributed by atoms with Gasteiger partial charge in [0.25, 0.3) is 0 Å². The first-order valence-electron chi connectivity index (χ1n) is 7.20. The second-order valence-electron chi connectivity index (χ2n) is 6.63. The van der Waals surface area contributed by atoms with Crippen molar-refractivity contribution in [2.24, 2.45) is 5.73 Å². The second-order valence-corrected chi connectivity index (χ2v) is 6.63. The van der Waals surface area contributed by atoms with Crippen molar-refractivity contribution >= 4 is 12.0 Å². The number of hydrogen-bond donors (Lipinski definition) is 2. The first-order valence-corrected chi connectivity index (χ1v) is 7.20. The Labute approximate surface area is 127 Å². The number of nitrogens with zero attached hydrogens (tertiary/aromatic N) is 4. The van der Waals surface area contributed by atoms with Crippen LogP contribution in [0.4, 0.5) is 4.79 Å². The first kappa shape index (κ1) is 14.8. The van der Waals surface area contributed by atoms with Crippen LogP contribution in [0, 0.1) is 0 Å². The zero-order valence-electron chi connectivity index (χ0n) is 12.9. The van der Waals surface area contributed by atoms with Gasteiger partial charge in [0.15, 0.2) is 0 Å². The summed E-state index contributed by atoms with van der Waals surface area (Å²) in [7, 11) is 0. The Balaban J connectivity index is 1.58. The van der Waals surface area contributed by atoms with Crippen LogP contribution < -0.4 is 11.1 Å². The summed E-state index contributed by atoms with van der Waals surface area (Å²) in [5.74, 6) is -0.152. The van der Waals surface area contributed by atoms with Crippen LogP contribution in [0.1, 0.15) is 32.2 Å². The Kier molecular flexibility index (Phi) is 3.32. The number of amides is 2. The lowest BCUT2D eigenvalue weighted by atomic mass is 10.0. The predicted molar refractivity (Wildman–Crippen MR) is 75.4 cm³/mol. The SMILES string of the molecule is CC(C)(C)OC(=O)N1Cc2nn(C[C@H]3NC(=O)[C@H]3N)nc2C1. The number of ether oxygens (including phenoxy) is 1. The van der Waals surface area contributed by atoms with Crippen molar-refractivity contribution in [3.05, 3.63) is 11.4 Å². The molecule has 3 heterocycles. The summed E-state index contributed by atoms with van der Waals surface area (Å²) in [6, 6.07) is -0.638. The van der Waals surface area contributed by atoms with Crippen LogP contribution in [-0.2, 0) is 29.2 Å². The van der Waals surface area contributed by atoms with E-state index in [-0.39, 0.29) is 18.0 Å². The van der Waals surface area contributed by atoms with Crippen molar-refractivity contribution in [2.45, 2.75) is 58.1 Å². The molecule has 0 bridgehead atoms. The highest BCUT2D eigenvalue weighted by molar-refractivity contribution is 5.88. The topological polar surface area (TPSA) is 115 Å². The largest absolute Gasteiger partial charge is 0.444 e. The molecule has 0 radical (unpaired) electrons. The van der Waals surface area contributed by atoms with Crippen LogP contribution in [0.2, 0.25) is 0 Å². The van der Waals surface area contributed by atoms with Gasteiger partial charge in [-0.15, -0.1) is 0 Å². The van der Waals surface area contributed by atoms with Gasteiger partial charge in [0.2, 0.25) is 5.91 Å². The minimum atomic E-state index is -0.525. The van der Waals surface area contributed by atoms with Gasteiger partial charge in [0, 0.05) is 0 Å². The van der Waals surface area contributed by atoms with E-state index >= 15 is 0 Å². The molecule has 0 aliphatic carbocycles. The van der Waals surface area contributed by atoms with Crippen LogP contribution in [0.15, 0.2) is 0 Å². The molecule has 2 aliphatic heterocycles. The third-order valence-electron chi connectivity index (χ3n) is 3.56. The number of fused-ring (bicyclic) bond motifs is 1. The molecule has 0 aromatic carbocycles. The smallest absolute Gasteiger partial charge is 0.411 e. The summed E-state index contributed by atoms with van der Waals surface area (Å²) < 4.78 is 5.33. The molecule has 3 rings (SSSR count). The summed E-state index contributed by atoms with van der Waals surface area (Å²) >= 11 is 0. The Morgan fingerprint density at radius 1 is 1.36 bits per heavy atom. The van der Waals surface area contributed by atoms with E-state index in [1.165, 1.54) is 4.80 Å². The summed E-state index contributed by atoms with van der Waals surface area (Å²) in [4.78, 5) is 26.2. The third kappa shape index (κ3) is 2.76. The monoisotopic (exact) mass is 308 g/mol. The number of nitrogens with one attached hydrogen (secondary N) is 1. The van der Waals surface area contributed by atoms with Gasteiger partial charge in [0.1, 0.15) is 23.0 Å². The molecule has 1 aromatic rings. The number of hydrogen-bond acceptors (Lipinski definition) is 6. The maximum atomic E-state index is 12.0. The zero-order chi connectivity index (χ0) is 16.1. The molecular weight excluding hydrogens is 288 g/mol. The van der Waals surface area contributed by atoms with Crippen LogP contribution >= 0.6 is 0 Å². The van der Waals surface area contributed by atoms with E-state index in [1.807, 2.05) is 20.8 Å². The molecule has 1 aromatic heterocycles. The molecule has 3 N–H and O–H groups in total. The Morgan fingerprint density at radius 3 is 2.41 bits per heavy atom. The van der Waals surface area contributed by atoms with E-state index in [1.54, 1.807) is 4.90 Å². The number of nitrogens with two attached hydrogens (primary N) is 1. The van der Waals surface area contributed by atoms with Gasteiger partial charge in [0.05, 0.1) is 25.7 Å². The maximum Gasteiger partial charge on any atom is 0.411 e. The number of carbonyl (C=O) groups excluding carboxylic acids is 2. The molecule has 0 unspecified atom stereocenters. The van der Waals surface area contributed by atoms with Gasteiger partial charge in [-0.25, -0.2) is 4.79 Å². The third-order valence-corrected chi connectivity index (χ3v) is 3.56. The predicted octanol–water partition coefficient (Wildman–Crippen LogP) is -0.645. The lowest BCUT2D eigenvalue weighted by Gasteiger charge is -2.33. The Morgan fingerprint density at radius 2 is 1.95 bits per heavy atom. The molecule has 2 atom stereocenters. The summed E-state index contributed by atoms with van der Waals surface area (Å²) in [5.41, 5.74) is 6.66. The molecule has 1 fully saturated rings. The van der Waals surface area contributed by atoms with E-state index in [0.29, 0.717) is 19.6 Å². The van der Waals surface area contributed by atoms with Crippen LogP contribution in [0.25, 0.3) is 0 Å². The van der Waals surface area contributed by atoms with Gasteiger partial charge < -0.3 is 15.8 Å². The van der Waals surface area contributed by atoms with Gasteiger partial charge >= 0.3 is 6.09 Å². The summed E-state index contributed by atoms with van der Waals surface area (Å²) in [6.45, 7) is 6.69. The second kappa shape index (κ2) is 4.94. The van der Waals surface area contributed by atoms with Crippen molar-refractivity contribution in [1.82, 2.24) is 25.2 Å². The van der Waals surface area contributed by atoms with Crippen molar-refractivity contribution in [3.8, 4) is 0 Å². The summed E-state index contributed by atoms with van der Waals surface area (Å²) in [6.07, 6.45) is -0.368. The fourth-order valence-corrected chi connectivity index (χ4v) is 2.41. The fourth-order valence-electron chi connectivity index (χ4n) is 2.41. The first-order chi connectivity index (χ1) is 10.2. The van der Waals surface area contributed by atoms with Crippen molar-refractivity contribution < 1.29 is 14.3 Å². The zero-order valence-corrected chi connectivity index (χ0v) is 12.9. The van der Waals surface area contributed by atoms with Gasteiger partial charge in [-0.2, -0.15) is 15.0 Å². The molecule has 2 aliphatic rings. The Bertz CT molecular complexity index is 596. The quantitative estimate of drug-likeness (QED) is 0.702. The molecule has 2 amide bonds. The highest BCUT2D eigenvalue weighted by Crippen LogP contribution is 2.22. The molecule has 0 spiro atoms. The Hall–Kier alpha value is -2.16. The van der Waals surface area contributed by atoms with Crippen LogP contribution in [-0.4, -0.2) is 49.6 Å². The van der Waals surface area contributed by atoms with E-state index in [0.717, 1.165) is 11.4 Å². The van der Waals surface area contributed by atoms with E-state index < -0.39 is 11.6 Å². The van der Waals surface area contributed by atoms with E-state index in [9.17, 15) is 9.59 Å². The van der Waals surface area contributed by atoms with Crippen molar-refractivity contribution in [3.63, 3.8) is 0 Å². The van der Waals surface area contributed by atoms with E-state index in [4.69, 9.17) is 10.5 Å². The molecule has 9 nitrogen and oxygen atoms in total. The van der Waals surface area contributed by atoms with E-state index in [2.05, 4.69) is 15.5 Å². The van der Waals surface area contributed by atoms with Crippen LogP contribution in [0.5, 0.6) is 0 Å². The number of rotatable bonds is 2. The number of β-lactam (4-membered cyclic amide) rings is 1. The number of aromatic nitrogens is 3. The number of carbonyl (C=O) groups is 2. The lowest BCUT2D eigenvalue weighted by molar-refractivity contribution is -0.130. The van der Waals surface area contributed by atoms with Crippen molar-refractivity contribution in [2.75, 3.05) is 0 Å². The van der Waals surface area contributed by atoms with Gasteiger partial charge in [-0.05, 0) is 20.8 Å². The van der Waals surface area contributed by atoms with Crippen molar-refractivity contribution in [1.29, 1.82) is 0 Å². The molecule has 22 heavy (non-hydrogen) atoms. The standard InChI is InChI=1S/C13H20N6O3/c1-13(2,3)22-12(21)18-4-7-8(5-18)17-19(16-7)6-9-10(14)11(20)15-9/h9-10H,4-6,14H2,1-3H3,(H,15,20)/t9-,10+/m1/s1.